The van der Waals surface area contributed by atoms with E-state index in [9.17, 15) is 0 Å². The van der Waals surface area contributed by atoms with Crippen molar-refractivity contribution < 1.29 is 4.74 Å². The van der Waals surface area contributed by atoms with E-state index in [0.717, 1.165) is 29.1 Å². The first-order valence-corrected chi connectivity index (χ1v) is 9.42. The number of aromatic nitrogens is 2. The Labute approximate surface area is 178 Å². The van der Waals surface area contributed by atoms with Crippen molar-refractivity contribution in [3.05, 3.63) is 89.8 Å². The zero-order chi connectivity index (χ0) is 19.7. The number of halogens is 1. The van der Waals surface area contributed by atoms with E-state index >= 15 is 0 Å². The van der Waals surface area contributed by atoms with Crippen LogP contribution in [-0.2, 0) is 6.54 Å². The molecule has 2 heterocycles. The largest absolute Gasteiger partial charge is 0.497 e. The molecule has 0 fully saturated rings. The van der Waals surface area contributed by atoms with Gasteiger partial charge in [0, 0.05) is 29.4 Å². The fraction of sp³-hybridized carbons (Fsp3) is 0.160. The van der Waals surface area contributed by atoms with Crippen LogP contribution >= 0.6 is 12.4 Å². The molecule has 0 aliphatic rings. The van der Waals surface area contributed by atoms with Gasteiger partial charge in [0.1, 0.15) is 5.75 Å². The average molecular weight is 405 g/mol. The second-order valence-corrected chi connectivity index (χ2v) is 7.03. The molecule has 4 aromatic rings. The van der Waals surface area contributed by atoms with Gasteiger partial charge in [-0.2, -0.15) is 0 Å². The normalized spacial score (nSPS) is 10.6. The van der Waals surface area contributed by atoms with Crippen LogP contribution in [-0.4, -0.2) is 16.7 Å². The lowest BCUT2D eigenvalue weighted by molar-refractivity contribution is 0.414. The topological polar surface area (TPSA) is 27.1 Å². The van der Waals surface area contributed by atoms with Crippen molar-refractivity contribution in [1.29, 1.82) is 0 Å². The van der Waals surface area contributed by atoms with Crippen LogP contribution in [0.2, 0.25) is 0 Å². The Morgan fingerprint density at radius 1 is 1.00 bits per heavy atom. The predicted molar refractivity (Wildman–Crippen MR) is 124 cm³/mol. The molecule has 0 aliphatic heterocycles. The quantitative estimate of drug-likeness (QED) is 0.382. The maximum absolute atomic E-state index is 5.29. The fourth-order valence-electron chi connectivity index (χ4n) is 3.69. The first-order valence-electron chi connectivity index (χ1n) is 9.42. The Morgan fingerprint density at radius 2 is 1.69 bits per heavy atom. The molecular weight excluding hydrogens is 380 g/mol. The molecule has 29 heavy (non-hydrogen) atoms. The van der Waals surface area contributed by atoms with Crippen molar-refractivity contribution in [2.24, 2.45) is 0 Å². The van der Waals surface area contributed by atoms with Crippen LogP contribution in [0.3, 0.4) is 0 Å². The highest BCUT2D eigenvalue weighted by atomic mass is 35.5. The minimum Gasteiger partial charge on any atom is -0.497 e. The molecule has 0 N–H and O–H groups in total. The monoisotopic (exact) mass is 404 g/mol. The fourth-order valence-corrected chi connectivity index (χ4v) is 3.69. The van der Waals surface area contributed by atoms with Crippen molar-refractivity contribution in [3.8, 4) is 17.0 Å². The Bertz CT molecular complexity index is 1140. The van der Waals surface area contributed by atoms with E-state index in [-0.39, 0.29) is 12.4 Å². The van der Waals surface area contributed by atoms with Crippen LogP contribution < -0.4 is 4.74 Å². The summed E-state index contributed by atoms with van der Waals surface area (Å²) in [7, 11) is 1.69. The zero-order valence-corrected chi connectivity index (χ0v) is 17.8. The summed E-state index contributed by atoms with van der Waals surface area (Å²) in [6.07, 6.45) is 3.77. The highest BCUT2D eigenvalue weighted by Crippen LogP contribution is 2.33. The lowest BCUT2D eigenvalue weighted by Crippen LogP contribution is -2.03. The summed E-state index contributed by atoms with van der Waals surface area (Å²) in [5, 5.41) is 1.25. The summed E-state index contributed by atoms with van der Waals surface area (Å²) in [6.45, 7) is 9.01. The minimum atomic E-state index is 0. The second kappa shape index (κ2) is 8.54. The van der Waals surface area contributed by atoms with Crippen molar-refractivity contribution in [1.82, 2.24) is 9.55 Å². The van der Waals surface area contributed by atoms with E-state index in [1.54, 1.807) is 7.11 Å². The molecule has 0 saturated carbocycles. The highest BCUT2D eigenvalue weighted by Gasteiger charge is 2.16. The molecule has 3 nitrogen and oxygen atoms in total. The smallest absolute Gasteiger partial charge is 0.118 e. The van der Waals surface area contributed by atoms with Crippen LogP contribution in [0.5, 0.6) is 5.75 Å². The molecule has 0 aliphatic carbocycles. The molecule has 0 spiro atoms. The van der Waals surface area contributed by atoms with Gasteiger partial charge in [-0.25, -0.2) is 0 Å². The van der Waals surface area contributed by atoms with Crippen molar-refractivity contribution in [3.63, 3.8) is 0 Å². The molecular formula is C25H25ClN2O. The Kier molecular flexibility index (Phi) is 6.09. The van der Waals surface area contributed by atoms with Gasteiger partial charge < -0.3 is 9.30 Å². The summed E-state index contributed by atoms with van der Waals surface area (Å²) < 4.78 is 7.66. The number of nitrogens with zero attached hydrogens (tertiary/aromatic N) is 2. The molecule has 4 heteroatoms. The van der Waals surface area contributed by atoms with Crippen LogP contribution in [0, 0.1) is 13.8 Å². The van der Waals surface area contributed by atoms with E-state index in [1.807, 2.05) is 24.4 Å². The van der Waals surface area contributed by atoms with E-state index in [1.165, 1.54) is 27.7 Å². The number of pyridine rings is 1. The van der Waals surface area contributed by atoms with Gasteiger partial charge in [-0.15, -0.1) is 12.4 Å². The standard InChI is InChI=1S/C25H24N2O.ClH/c1-5-19-6-10-21(11-7-19)24-25-23(14-15-26-24)17(2)18(3)27(25)16-20-8-12-22(28-4)13-9-20;/h5-15H,1,16H2,2-4H3;1H. The first kappa shape index (κ1) is 20.7. The van der Waals surface area contributed by atoms with Crippen molar-refractivity contribution in [2.45, 2.75) is 20.4 Å². The van der Waals surface area contributed by atoms with Crippen LogP contribution in [0.15, 0.2) is 67.4 Å². The molecule has 0 unspecified atom stereocenters. The first-order chi connectivity index (χ1) is 13.6. The molecule has 0 amide bonds. The van der Waals surface area contributed by atoms with Crippen molar-refractivity contribution in [2.75, 3.05) is 7.11 Å². The van der Waals surface area contributed by atoms with Gasteiger partial charge in [0.05, 0.1) is 18.3 Å². The number of ether oxygens (including phenoxy) is 1. The number of hydrogen-bond donors (Lipinski definition) is 0. The zero-order valence-electron chi connectivity index (χ0n) is 17.0. The van der Waals surface area contributed by atoms with E-state index in [4.69, 9.17) is 9.72 Å². The Hall–Kier alpha value is -3.04. The van der Waals surface area contributed by atoms with Crippen LogP contribution in [0.1, 0.15) is 22.4 Å². The summed E-state index contributed by atoms with van der Waals surface area (Å²) in [6, 6.07) is 18.8. The van der Waals surface area contributed by atoms with Gasteiger partial charge in [-0.1, -0.05) is 49.1 Å². The Balaban J connectivity index is 0.00000240. The average Bonchev–Trinajstić information content (AvgIpc) is 2.99. The molecule has 148 valence electrons. The molecule has 0 radical (unpaired) electrons. The lowest BCUT2D eigenvalue weighted by Gasteiger charge is -2.12. The molecule has 2 aromatic heterocycles. The molecule has 2 aromatic carbocycles. The van der Waals surface area contributed by atoms with E-state index in [0.29, 0.717) is 0 Å². The maximum atomic E-state index is 5.29. The minimum absolute atomic E-state index is 0. The maximum Gasteiger partial charge on any atom is 0.118 e. The summed E-state index contributed by atoms with van der Waals surface area (Å²) in [5.74, 6) is 0.874. The van der Waals surface area contributed by atoms with Gasteiger partial charge >= 0.3 is 0 Å². The lowest BCUT2D eigenvalue weighted by atomic mass is 10.1. The van der Waals surface area contributed by atoms with Gasteiger partial charge in [0.25, 0.3) is 0 Å². The SMILES string of the molecule is C=Cc1ccc(-c2nccc3c(C)c(C)n(Cc4ccc(OC)cc4)c23)cc1.Cl. The van der Waals surface area contributed by atoms with Gasteiger partial charge in [0.2, 0.25) is 0 Å². The molecule has 0 saturated heterocycles. The summed E-state index contributed by atoms with van der Waals surface area (Å²) in [4.78, 5) is 4.75. The molecule has 0 bridgehead atoms. The van der Waals surface area contributed by atoms with Gasteiger partial charge in [-0.05, 0) is 48.7 Å². The Morgan fingerprint density at radius 3 is 2.31 bits per heavy atom. The molecule has 4 rings (SSSR count). The number of methoxy groups -OCH3 is 1. The number of hydrogen-bond acceptors (Lipinski definition) is 2. The second-order valence-electron chi connectivity index (χ2n) is 7.03. The number of aryl methyl sites for hydroxylation is 1. The van der Waals surface area contributed by atoms with E-state index in [2.05, 4.69) is 67.5 Å². The third kappa shape index (κ3) is 3.79. The third-order valence-electron chi connectivity index (χ3n) is 5.47. The van der Waals surface area contributed by atoms with E-state index < -0.39 is 0 Å². The number of benzene rings is 2. The highest BCUT2D eigenvalue weighted by molar-refractivity contribution is 5.95. The number of fused-ring (bicyclic) bond motifs is 1. The van der Waals surface area contributed by atoms with Gasteiger partial charge in [-0.3, -0.25) is 4.98 Å². The van der Waals surface area contributed by atoms with Crippen LogP contribution in [0.4, 0.5) is 0 Å². The van der Waals surface area contributed by atoms with Crippen molar-refractivity contribution >= 4 is 29.4 Å². The third-order valence-corrected chi connectivity index (χ3v) is 5.47. The summed E-state index contributed by atoms with van der Waals surface area (Å²) in [5.41, 5.74) is 8.22. The summed E-state index contributed by atoms with van der Waals surface area (Å²) >= 11 is 0. The number of rotatable bonds is 5. The van der Waals surface area contributed by atoms with Gasteiger partial charge in [0.15, 0.2) is 0 Å². The van der Waals surface area contributed by atoms with Crippen LogP contribution in [0.25, 0.3) is 28.2 Å². The predicted octanol–water partition coefficient (Wildman–Crippen LogP) is 6.44. The molecule has 0 atom stereocenters.